The Labute approximate surface area is 111 Å². The van der Waals surface area contributed by atoms with Gasteiger partial charge < -0.3 is 10.6 Å². The second kappa shape index (κ2) is 6.44. The van der Waals surface area contributed by atoms with Gasteiger partial charge in [0.05, 0.1) is 6.54 Å². The van der Waals surface area contributed by atoms with Crippen LogP contribution >= 0.6 is 11.8 Å². The van der Waals surface area contributed by atoms with E-state index in [-0.39, 0.29) is 5.91 Å². The molecule has 0 radical (unpaired) electrons. The molecule has 0 bridgehead atoms. The molecular formula is C13H17N3OS. The fourth-order valence-corrected chi connectivity index (χ4v) is 2.50. The zero-order chi connectivity index (χ0) is 12.8. The van der Waals surface area contributed by atoms with Crippen molar-refractivity contribution >= 4 is 28.5 Å². The lowest BCUT2D eigenvalue weighted by atomic mass is 10.1. The molecule has 1 aliphatic heterocycles. The molecule has 18 heavy (non-hydrogen) atoms. The molecule has 1 aromatic rings. The zero-order valence-electron chi connectivity index (χ0n) is 10.4. The minimum atomic E-state index is 0.0103. The molecule has 2 N–H and O–H groups in total. The van der Waals surface area contributed by atoms with E-state index in [1.165, 1.54) is 12.5 Å². The van der Waals surface area contributed by atoms with Gasteiger partial charge in [0.1, 0.15) is 0 Å². The van der Waals surface area contributed by atoms with Crippen LogP contribution in [0.4, 0.5) is 5.69 Å². The third kappa shape index (κ3) is 3.77. The van der Waals surface area contributed by atoms with E-state index in [1.807, 2.05) is 18.2 Å². The van der Waals surface area contributed by atoms with Crippen LogP contribution in [0.2, 0.25) is 0 Å². The van der Waals surface area contributed by atoms with Gasteiger partial charge in [-0.05, 0) is 18.1 Å². The monoisotopic (exact) mass is 263 g/mol. The number of hydrogen-bond acceptors (Lipinski definition) is 4. The quantitative estimate of drug-likeness (QED) is 0.872. The summed E-state index contributed by atoms with van der Waals surface area (Å²) in [6, 6.07) is 8.14. The first-order valence-electron chi connectivity index (χ1n) is 6.02. The van der Waals surface area contributed by atoms with Crippen LogP contribution in [-0.2, 0) is 11.2 Å². The van der Waals surface area contributed by atoms with E-state index in [4.69, 9.17) is 0 Å². The normalized spacial score (nSPS) is 14.2. The summed E-state index contributed by atoms with van der Waals surface area (Å²) >= 11 is 1.74. The van der Waals surface area contributed by atoms with Gasteiger partial charge in [-0.3, -0.25) is 9.79 Å². The lowest BCUT2D eigenvalue weighted by Gasteiger charge is -2.11. The molecule has 0 aliphatic carbocycles. The van der Waals surface area contributed by atoms with Gasteiger partial charge in [0.25, 0.3) is 0 Å². The first-order chi connectivity index (χ1) is 8.75. The van der Waals surface area contributed by atoms with Gasteiger partial charge in [-0.1, -0.05) is 30.0 Å². The van der Waals surface area contributed by atoms with Crippen LogP contribution in [0.1, 0.15) is 12.5 Å². The molecule has 0 saturated heterocycles. The van der Waals surface area contributed by atoms with E-state index in [1.54, 1.807) is 11.8 Å². The largest absolute Gasteiger partial charge is 0.356 e. The number of thioether (sulfide) groups is 1. The number of nitrogens with zero attached hydrogens (tertiary/aromatic N) is 1. The number of hydrogen-bond donors (Lipinski definition) is 2. The second-order valence-corrected chi connectivity index (χ2v) is 5.13. The van der Waals surface area contributed by atoms with E-state index in [0.29, 0.717) is 6.54 Å². The highest BCUT2D eigenvalue weighted by atomic mass is 32.2. The number of para-hydroxylation sites is 1. The van der Waals surface area contributed by atoms with Crippen molar-refractivity contribution in [1.82, 2.24) is 5.32 Å². The molecule has 0 unspecified atom stereocenters. The summed E-state index contributed by atoms with van der Waals surface area (Å²) in [5, 5.41) is 7.15. The van der Waals surface area contributed by atoms with Crippen molar-refractivity contribution in [3.63, 3.8) is 0 Å². The average Bonchev–Trinajstić information content (AvgIpc) is 2.84. The number of rotatable bonds is 4. The number of amidine groups is 1. The molecule has 1 aromatic carbocycles. The lowest BCUT2D eigenvalue weighted by molar-refractivity contribution is -0.118. The summed E-state index contributed by atoms with van der Waals surface area (Å²) in [4.78, 5) is 15.2. The number of benzene rings is 1. The van der Waals surface area contributed by atoms with Crippen molar-refractivity contribution in [3.05, 3.63) is 29.8 Å². The molecule has 1 heterocycles. The maximum absolute atomic E-state index is 10.8. The minimum Gasteiger partial charge on any atom is -0.356 e. The Morgan fingerprint density at radius 2 is 2.28 bits per heavy atom. The topological polar surface area (TPSA) is 53.5 Å². The van der Waals surface area contributed by atoms with E-state index in [9.17, 15) is 4.79 Å². The Kier molecular flexibility index (Phi) is 4.64. The fourth-order valence-electron chi connectivity index (χ4n) is 1.76. The third-order valence-corrected chi connectivity index (χ3v) is 3.50. The molecule has 1 aliphatic rings. The standard InChI is InChI=1S/C13H17N3OS/c1-10(17)14-7-6-11-4-2-3-5-12(11)16-13-15-8-9-18-13/h2-5H,6-9H2,1H3,(H,14,17)(H,15,16). The summed E-state index contributed by atoms with van der Waals surface area (Å²) in [5.74, 6) is 1.06. The molecule has 0 saturated carbocycles. The molecular weight excluding hydrogens is 246 g/mol. The average molecular weight is 263 g/mol. The number of carbonyl (C=O) groups excluding carboxylic acids is 1. The van der Waals surface area contributed by atoms with Gasteiger partial charge in [-0.25, -0.2) is 0 Å². The molecule has 0 aromatic heterocycles. The number of nitrogens with one attached hydrogen (secondary N) is 2. The minimum absolute atomic E-state index is 0.0103. The van der Waals surface area contributed by atoms with Gasteiger partial charge in [0.15, 0.2) is 5.17 Å². The first-order valence-corrected chi connectivity index (χ1v) is 7.01. The summed E-state index contributed by atoms with van der Waals surface area (Å²) in [7, 11) is 0. The summed E-state index contributed by atoms with van der Waals surface area (Å²) in [6.45, 7) is 3.09. The number of anilines is 1. The summed E-state index contributed by atoms with van der Waals surface area (Å²) in [6.07, 6.45) is 0.820. The molecule has 0 atom stereocenters. The second-order valence-electron chi connectivity index (χ2n) is 4.05. The highest BCUT2D eigenvalue weighted by Crippen LogP contribution is 2.20. The van der Waals surface area contributed by atoms with Crippen LogP contribution in [0.25, 0.3) is 0 Å². The van der Waals surface area contributed by atoms with Crippen molar-refractivity contribution < 1.29 is 4.79 Å². The van der Waals surface area contributed by atoms with Crippen LogP contribution in [0, 0.1) is 0 Å². The van der Waals surface area contributed by atoms with E-state index < -0.39 is 0 Å². The SMILES string of the molecule is CC(=O)NCCc1ccccc1NC1=NCCS1. The van der Waals surface area contributed by atoms with E-state index >= 15 is 0 Å². The lowest BCUT2D eigenvalue weighted by Crippen LogP contribution is -2.22. The molecule has 2 rings (SSSR count). The molecule has 1 amide bonds. The first kappa shape index (κ1) is 13.0. The van der Waals surface area contributed by atoms with Gasteiger partial charge in [0, 0.05) is 24.9 Å². The zero-order valence-corrected chi connectivity index (χ0v) is 11.2. The number of carbonyl (C=O) groups is 1. The molecule has 5 heteroatoms. The van der Waals surface area contributed by atoms with Crippen molar-refractivity contribution in [2.24, 2.45) is 4.99 Å². The Morgan fingerprint density at radius 1 is 1.44 bits per heavy atom. The highest BCUT2D eigenvalue weighted by Gasteiger charge is 2.09. The van der Waals surface area contributed by atoms with Crippen molar-refractivity contribution in [3.8, 4) is 0 Å². The summed E-state index contributed by atoms with van der Waals surface area (Å²) in [5.41, 5.74) is 2.28. The maximum Gasteiger partial charge on any atom is 0.216 e. The Balaban J connectivity index is 1.98. The van der Waals surface area contributed by atoms with Crippen LogP contribution in [0.3, 0.4) is 0 Å². The Bertz CT molecular complexity index is 459. The summed E-state index contributed by atoms with van der Waals surface area (Å²) < 4.78 is 0. The van der Waals surface area contributed by atoms with Gasteiger partial charge in [-0.2, -0.15) is 0 Å². The van der Waals surface area contributed by atoms with Gasteiger partial charge in [0.2, 0.25) is 5.91 Å². The Hall–Kier alpha value is -1.49. The van der Waals surface area contributed by atoms with Crippen LogP contribution in [-0.4, -0.2) is 29.9 Å². The maximum atomic E-state index is 10.8. The van der Waals surface area contributed by atoms with Crippen LogP contribution in [0.15, 0.2) is 29.3 Å². The van der Waals surface area contributed by atoms with E-state index in [0.717, 1.165) is 29.6 Å². The van der Waals surface area contributed by atoms with Crippen LogP contribution in [0.5, 0.6) is 0 Å². The smallest absolute Gasteiger partial charge is 0.216 e. The Morgan fingerprint density at radius 3 is 3.00 bits per heavy atom. The van der Waals surface area contributed by atoms with Crippen molar-refractivity contribution in [2.75, 3.05) is 24.2 Å². The predicted molar refractivity (Wildman–Crippen MR) is 77.2 cm³/mol. The van der Waals surface area contributed by atoms with Gasteiger partial charge in [-0.15, -0.1) is 0 Å². The molecule has 96 valence electrons. The fraction of sp³-hybridized carbons (Fsp3) is 0.385. The van der Waals surface area contributed by atoms with Crippen molar-refractivity contribution in [1.29, 1.82) is 0 Å². The van der Waals surface area contributed by atoms with E-state index in [2.05, 4.69) is 21.7 Å². The van der Waals surface area contributed by atoms with Gasteiger partial charge >= 0.3 is 0 Å². The van der Waals surface area contributed by atoms with Crippen LogP contribution < -0.4 is 10.6 Å². The molecule has 0 spiro atoms. The molecule has 4 nitrogen and oxygen atoms in total. The van der Waals surface area contributed by atoms with Crippen molar-refractivity contribution in [2.45, 2.75) is 13.3 Å². The number of amides is 1. The predicted octanol–water partition coefficient (Wildman–Crippen LogP) is 1.88. The molecule has 0 fully saturated rings. The number of aliphatic imine (C=N–C) groups is 1. The highest BCUT2D eigenvalue weighted by molar-refractivity contribution is 8.14. The third-order valence-electron chi connectivity index (χ3n) is 2.61.